The van der Waals surface area contributed by atoms with Crippen molar-refractivity contribution in [2.75, 3.05) is 19.5 Å². The van der Waals surface area contributed by atoms with Crippen LogP contribution in [0.2, 0.25) is 0 Å². The summed E-state index contributed by atoms with van der Waals surface area (Å²) in [6.45, 7) is 1.62. The van der Waals surface area contributed by atoms with E-state index in [4.69, 9.17) is 15.2 Å². The third kappa shape index (κ3) is 1.90. The van der Waals surface area contributed by atoms with Gasteiger partial charge < -0.3 is 19.8 Å². The lowest BCUT2D eigenvalue weighted by atomic mass is 10.2. The van der Waals surface area contributed by atoms with Gasteiger partial charge in [0.1, 0.15) is 5.75 Å². The van der Waals surface area contributed by atoms with Crippen LogP contribution in [0.4, 0.5) is 5.95 Å². The highest BCUT2D eigenvalue weighted by Crippen LogP contribution is 2.24. The lowest BCUT2D eigenvalue weighted by Gasteiger charge is -2.12. The Morgan fingerprint density at radius 3 is 3.17 bits per heavy atom. The standard InChI is InChI=1S/C13H17N3O2/c1-17-9-4-5-12-11(7-9)15-13(14)16(12)8-10-3-2-6-18-10/h4-5,7,10H,2-3,6,8H2,1H3,(H2,14,15). The number of nitrogen functional groups attached to an aromatic ring is 1. The van der Waals surface area contributed by atoms with Gasteiger partial charge in [0.05, 0.1) is 30.8 Å². The first-order chi connectivity index (χ1) is 8.78. The molecule has 0 saturated carbocycles. The van der Waals surface area contributed by atoms with Gasteiger partial charge >= 0.3 is 0 Å². The molecule has 2 aromatic rings. The molecule has 2 N–H and O–H groups in total. The molecule has 0 aliphatic carbocycles. The van der Waals surface area contributed by atoms with E-state index in [1.54, 1.807) is 7.11 Å². The van der Waals surface area contributed by atoms with Crippen LogP contribution in [0.15, 0.2) is 18.2 Å². The molecule has 0 bridgehead atoms. The summed E-state index contributed by atoms with van der Waals surface area (Å²) in [6, 6.07) is 5.82. The van der Waals surface area contributed by atoms with Crippen LogP contribution in [-0.4, -0.2) is 29.4 Å². The number of imidazole rings is 1. The minimum atomic E-state index is 0.256. The first kappa shape index (κ1) is 11.3. The number of rotatable bonds is 3. The molecule has 1 aromatic carbocycles. The Balaban J connectivity index is 1.97. The lowest BCUT2D eigenvalue weighted by molar-refractivity contribution is 0.0984. The van der Waals surface area contributed by atoms with E-state index in [1.165, 1.54) is 0 Å². The molecule has 18 heavy (non-hydrogen) atoms. The van der Waals surface area contributed by atoms with Gasteiger partial charge in [-0.3, -0.25) is 0 Å². The summed E-state index contributed by atoms with van der Waals surface area (Å²) in [5.74, 6) is 1.33. The van der Waals surface area contributed by atoms with Crippen molar-refractivity contribution in [2.24, 2.45) is 0 Å². The smallest absolute Gasteiger partial charge is 0.201 e. The summed E-state index contributed by atoms with van der Waals surface area (Å²) < 4.78 is 12.9. The second-order valence-electron chi connectivity index (χ2n) is 4.57. The summed E-state index contributed by atoms with van der Waals surface area (Å²) >= 11 is 0. The van der Waals surface area contributed by atoms with Crippen LogP contribution in [0.1, 0.15) is 12.8 Å². The van der Waals surface area contributed by atoms with E-state index in [0.29, 0.717) is 5.95 Å². The maximum atomic E-state index is 5.98. The minimum absolute atomic E-state index is 0.256. The second-order valence-corrected chi connectivity index (χ2v) is 4.57. The van der Waals surface area contributed by atoms with Crippen LogP contribution in [0.5, 0.6) is 5.75 Å². The number of nitrogens with zero attached hydrogens (tertiary/aromatic N) is 2. The van der Waals surface area contributed by atoms with Crippen molar-refractivity contribution in [2.45, 2.75) is 25.5 Å². The average Bonchev–Trinajstić information content (AvgIpc) is 2.98. The number of methoxy groups -OCH3 is 1. The summed E-state index contributed by atoms with van der Waals surface area (Å²) in [5.41, 5.74) is 7.88. The molecule has 5 nitrogen and oxygen atoms in total. The fourth-order valence-corrected chi connectivity index (χ4v) is 2.44. The summed E-state index contributed by atoms with van der Waals surface area (Å²) in [6.07, 6.45) is 2.48. The molecule has 1 aliphatic heterocycles. The van der Waals surface area contributed by atoms with Gasteiger partial charge in [-0.1, -0.05) is 0 Å². The van der Waals surface area contributed by atoms with E-state index >= 15 is 0 Å². The monoisotopic (exact) mass is 247 g/mol. The maximum Gasteiger partial charge on any atom is 0.201 e. The average molecular weight is 247 g/mol. The zero-order valence-corrected chi connectivity index (χ0v) is 10.4. The zero-order valence-electron chi connectivity index (χ0n) is 10.4. The molecule has 1 aliphatic rings. The topological polar surface area (TPSA) is 62.3 Å². The number of ether oxygens (including phenoxy) is 2. The highest BCUT2D eigenvalue weighted by atomic mass is 16.5. The number of anilines is 1. The number of fused-ring (bicyclic) bond motifs is 1. The van der Waals surface area contributed by atoms with Gasteiger partial charge in [0.2, 0.25) is 5.95 Å². The number of nitrogens with two attached hydrogens (primary N) is 1. The summed E-state index contributed by atoms with van der Waals surface area (Å²) in [7, 11) is 1.65. The van der Waals surface area contributed by atoms with E-state index in [2.05, 4.69) is 4.98 Å². The molecule has 2 heterocycles. The van der Waals surface area contributed by atoms with E-state index in [-0.39, 0.29) is 6.10 Å². The number of aromatic nitrogens is 2. The Labute approximate surface area is 106 Å². The molecule has 0 radical (unpaired) electrons. The third-order valence-corrected chi connectivity index (χ3v) is 3.40. The predicted molar refractivity (Wildman–Crippen MR) is 69.7 cm³/mol. The Kier molecular flexibility index (Phi) is 2.83. The second kappa shape index (κ2) is 4.49. The fourth-order valence-electron chi connectivity index (χ4n) is 2.44. The van der Waals surface area contributed by atoms with E-state index < -0.39 is 0 Å². The van der Waals surface area contributed by atoms with Crippen LogP contribution in [0.25, 0.3) is 11.0 Å². The Morgan fingerprint density at radius 1 is 1.56 bits per heavy atom. The molecule has 1 saturated heterocycles. The molecule has 1 fully saturated rings. The van der Waals surface area contributed by atoms with E-state index in [0.717, 1.165) is 42.8 Å². The largest absolute Gasteiger partial charge is 0.497 e. The number of benzene rings is 1. The Morgan fingerprint density at radius 2 is 2.44 bits per heavy atom. The molecular formula is C13H17N3O2. The molecule has 1 aromatic heterocycles. The molecule has 1 atom stereocenters. The molecule has 0 amide bonds. The van der Waals surface area contributed by atoms with Crippen molar-refractivity contribution in [3.05, 3.63) is 18.2 Å². The molecule has 1 unspecified atom stereocenters. The van der Waals surface area contributed by atoms with Crippen LogP contribution in [0, 0.1) is 0 Å². The van der Waals surface area contributed by atoms with Crippen molar-refractivity contribution in [3.8, 4) is 5.75 Å². The van der Waals surface area contributed by atoms with Crippen molar-refractivity contribution in [1.29, 1.82) is 0 Å². The fraction of sp³-hybridized carbons (Fsp3) is 0.462. The van der Waals surface area contributed by atoms with Crippen molar-refractivity contribution in [3.63, 3.8) is 0 Å². The first-order valence-corrected chi connectivity index (χ1v) is 6.19. The highest BCUT2D eigenvalue weighted by Gasteiger charge is 2.19. The summed E-state index contributed by atoms with van der Waals surface area (Å²) in [4.78, 5) is 4.37. The van der Waals surface area contributed by atoms with Crippen LogP contribution >= 0.6 is 0 Å². The van der Waals surface area contributed by atoms with Crippen LogP contribution in [0.3, 0.4) is 0 Å². The molecular weight excluding hydrogens is 230 g/mol. The minimum Gasteiger partial charge on any atom is -0.497 e. The summed E-state index contributed by atoms with van der Waals surface area (Å²) in [5, 5.41) is 0. The van der Waals surface area contributed by atoms with Crippen LogP contribution < -0.4 is 10.5 Å². The van der Waals surface area contributed by atoms with Crippen LogP contribution in [-0.2, 0) is 11.3 Å². The normalized spacial score (nSPS) is 19.5. The maximum absolute atomic E-state index is 5.98. The van der Waals surface area contributed by atoms with Gasteiger partial charge in [0.25, 0.3) is 0 Å². The zero-order chi connectivity index (χ0) is 12.5. The number of hydrogen-bond acceptors (Lipinski definition) is 4. The lowest BCUT2D eigenvalue weighted by Crippen LogP contribution is -2.16. The SMILES string of the molecule is COc1ccc2c(c1)nc(N)n2CC1CCCO1. The molecule has 0 spiro atoms. The van der Waals surface area contributed by atoms with E-state index in [9.17, 15) is 0 Å². The van der Waals surface area contributed by atoms with Crippen molar-refractivity contribution < 1.29 is 9.47 Å². The van der Waals surface area contributed by atoms with Gasteiger partial charge in [-0.05, 0) is 25.0 Å². The van der Waals surface area contributed by atoms with Gasteiger partial charge in [-0.25, -0.2) is 4.98 Å². The quantitative estimate of drug-likeness (QED) is 0.898. The van der Waals surface area contributed by atoms with Gasteiger partial charge in [0, 0.05) is 12.7 Å². The third-order valence-electron chi connectivity index (χ3n) is 3.40. The van der Waals surface area contributed by atoms with Gasteiger partial charge in [-0.2, -0.15) is 0 Å². The van der Waals surface area contributed by atoms with E-state index in [1.807, 2.05) is 22.8 Å². The first-order valence-electron chi connectivity index (χ1n) is 6.19. The van der Waals surface area contributed by atoms with Crippen molar-refractivity contribution >= 4 is 17.0 Å². The molecule has 96 valence electrons. The molecule has 5 heteroatoms. The number of hydrogen-bond donors (Lipinski definition) is 1. The molecule has 3 rings (SSSR count). The van der Waals surface area contributed by atoms with Gasteiger partial charge in [0.15, 0.2) is 0 Å². The Hall–Kier alpha value is -1.75. The van der Waals surface area contributed by atoms with Gasteiger partial charge in [-0.15, -0.1) is 0 Å². The Bertz CT molecular complexity index is 559. The highest BCUT2D eigenvalue weighted by molar-refractivity contribution is 5.79. The van der Waals surface area contributed by atoms with Crippen molar-refractivity contribution in [1.82, 2.24) is 9.55 Å². The predicted octanol–water partition coefficient (Wildman–Crippen LogP) is 1.81.